The molecule has 1 fully saturated rings. The minimum absolute atomic E-state index is 0.305. The van der Waals surface area contributed by atoms with E-state index in [1.807, 2.05) is 10.3 Å². The number of amides is 2. The maximum Gasteiger partial charge on any atom is 0.404 e. The number of hydrogen-bond acceptors (Lipinski definition) is 13. The van der Waals surface area contributed by atoms with Crippen LogP contribution in [0, 0.1) is 0 Å². The summed E-state index contributed by atoms with van der Waals surface area (Å²) in [4.78, 5) is 60.3. The number of ether oxygens (including phenoxy) is 2. The molecule has 0 bridgehead atoms. The van der Waals surface area contributed by atoms with Gasteiger partial charge in [-0.05, 0) is 0 Å². The van der Waals surface area contributed by atoms with Crippen LogP contribution in [0.15, 0.2) is 15.8 Å². The van der Waals surface area contributed by atoms with E-state index >= 15 is 0 Å². The van der Waals surface area contributed by atoms with Gasteiger partial charge in [-0.2, -0.15) is 0 Å². The van der Waals surface area contributed by atoms with Crippen molar-refractivity contribution in [3.63, 3.8) is 0 Å². The van der Waals surface area contributed by atoms with E-state index in [4.69, 9.17) is 16.2 Å². The van der Waals surface area contributed by atoms with E-state index < -0.39 is 91.3 Å². The number of carboxylic acids is 1. The molecule has 0 saturated carbocycles. The number of H-pyrrole nitrogens is 1. The fraction of sp³-hybridized carbons (Fsp3) is 0.588. The molecule has 2 amide bonds. The molecule has 2 rings (SSSR count). The molecule has 1 aliphatic heterocycles. The molecule has 18 heteroatoms. The van der Waals surface area contributed by atoms with Crippen LogP contribution >= 0.6 is 0 Å². The smallest absolute Gasteiger partial charge is 0.404 e. The van der Waals surface area contributed by atoms with Gasteiger partial charge in [0.2, 0.25) is 5.91 Å². The lowest BCUT2D eigenvalue weighted by Crippen LogP contribution is -2.60. The van der Waals surface area contributed by atoms with Gasteiger partial charge in [0.05, 0.1) is 12.2 Å². The molecule has 1 aromatic rings. The van der Waals surface area contributed by atoms with Crippen molar-refractivity contribution in [2.75, 3.05) is 6.61 Å². The first-order valence-corrected chi connectivity index (χ1v) is 9.84. The molecule has 1 saturated heterocycles. The zero-order valence-electron chi connectivity index (χ0n) is 17.8. The van der Waals surface area contributed by atoms with Crippen molar-refractivity contribution >= 4 is 18.0 Å². The topological polar surface area (TPSA) is 310 Å². The zero-order chi connectivity index (χ0) is 26.6. The van der Waals surface area contributed by atoms with Crippen LogP contribution in [0.4, 0.5) is 4.79 Å². The van der Waals surface area contributed by atoms with Crippen LogP contribution < -0.4 is 28.0 Å². The standard InChI is InChI=1S/C17H25N5O13/c18-6(8(25)5(24)3-34-16(19)32)13(29)20-7(15(30)31)11-9(26)10(27)14(35-11)22-1-4(2-23)12(28)21-17(22)33/h1,5-11,14,23-27H,2-3,18H2,(H2,19,32)(H,20,29)(H,30,31)(H,21,28,33)/t5-,6-,7-,8-,9+,10-,11-,14-/m0/s1. The van der Waals surface area contributed by atoms with Crippen LogP contribution in [0.3, 0.4) is 0 Å². The fourth-order valence-corrected chi connectivity index (χ4v) is 3.21. The summed E-state index contributed by atoms with van der Waals surface area (Å²) in [7, 11) is 0. The molecule has 0 aromatic carbocycles. The van der Waals surface area contributed by atoms with Crippen molar-refractivity contribution in [1.82, 2.24) is 14.9 Å². The predicted molar refractivity (Wildman–Crippen MR) is 108 cm³/mol. The van der Waals surface area contributed by atoms with Gasteiger partial charge in [0, 0.05) is 6.20 Å². The molecule has 12 N–H and O–H groups in total. The number of nitrogens with zero attached hydrogens (tertiary/aromatic N) is 1. The van der Waals surface area contributed by atoms with Crippen LogP contribution in [0.1, 0.15) is 11.8 Å². The third kappa shape index (κ3) is 6.19. The first kappa shape index (κ1) is 27.9. The third-order valence-electron chi connectivity index (χ3n) is 5.11. The van der Waals surface area contributed by atoms with Gasteiger partial charge in [0.1, 0.15) is 43.2 Å². The molecule has 8 atom stereocenters. The summed E-state index contributed by atoms with van der Waals surface area (Å²) < 4.78 is 10.2. The van der Waals surface area contributed by atoms with Crippen LogP contribution in [0.5, 0.6) is 0 Å². The number of carbonyl (C=O) groups is 3. The molecule has 18 nitrogen and oxygen atoms in total. The van der Waals surface area contributed by atoms with E-state index in [-0.39, 0.29) is 5.56 Å². The molecule has 0 spiro atoms. The number of aliphatic carboxylic acids is 1. The Bertz CT molecular complexity index is 1060. The van der Waals surface area contributed by atoms with Gasteiger partial charge >= 0.3 is 17.8 Å². The molecular formula is C17H25N5O13. The van der Waals surface area contributed by atoms with Crippen LogP contribution in [-0.4, -0.2) is 107 Å². The van der Waals surface area contributed by atoms with Gasteiger partial charge in [-0.25, -0.2) is 14.4 Å². The largest absolute Gasteiger partial charge is 0.480 e. The summed E-state index contributed by atoms with van der Waals surface area (Å²) in [6.45, 7) is -1.63. The summed E-state index contributed by atoms with van der Waals surface area (Å²) in [5, 5.41) is 61.0. The number of aliphatic hydroxyl groups is 5. The van der Waals surface area contributed by atoms with Crippen molar-refractivity contribution in [2.45, 2.75) is 55.4 Å². The Balaban J connectivity index is 2.22. The quantitative estimate of drug-likeness (QED) is 0.141. The Morgan fingerprint density at radius 2 is 1.86 bits per heavy atom. The van der Waals surface area contributed by atoms with E-state index in [0.29, 0.717) is 4.57 Å². The number of nitrogens with one attached hydrogen (secondary N) is 2. The molecule has 2 heterocycles. The average molecular weight is 507 g/mol. The number of rotatable bonds is 10. The third-order valence-corrected chi connectivity index (χ3v) is 5.11. The van der Waals surface area contributed by atoms with Gasteiger partial charge in [0.15, 0.2) is 12.3 Å². The molecule has 196 valence electrons. The summed E-state index contributed by atoms with van der Waals surface area (Å²) in [6, 6.07) is -4.05. The predicted octanol–water partition coefficient (Wildman–Crippen LogP) is -6.64. The highest BCUT2D eigenvalue weighted by atomic mass is 16.6. The van der Waals surface area contributed by atoms with Gasteiger partial charge < -0.3 is 56.9 Å². The second kappa shape index (κ2) is 11.4. The highest BCUT2D eigenvalue weighted by Crippen LogP contribution is 2.30. The summed E-state index contributed by atoms with van der Waals surface area (Å²) in [5.74, 6) is -3.13. The van der Waals surface area contributed by atoms with Crippen molar-refractivity contribution in [3.05, 3.63) is 32.6 Å². The number of aliphatic hydroxyl groups excluding tert-OH is 5. The van der Waals surface area contributed by atoms with E-state index in [2.05, 4.69) is 4.74 Å². The van der Waals surface area contributed by atoms with Crippen LogP contribution in [0.2, 0.25) is 0 Å². The fourth-order valence-electron chi connectivity index (χ4n) is 3.21. The number of nitrogens with two attached hydrogens (primary N) is 2. The maximum atomic E-state index is 12.4. The van der Waals surface area contributed by atoms with E-state index in [9.17, 15) is 54.6 Å². The SMILES string of the molecule is NC(=O)OC[C@H](O)[C@H](O)[C@H](N)C(=O)N[C@H](C(=O)O)[C@@H]1O[C@H](n2cc(CO)c(=O)[nH]c2=O)[C@@H](O)[C@H]1O. The molecule has 0 unspecified atom stereocenters. The zero-order valence-corrected chi connectivity index (χ0v) is 17.8. The van der Waals surface area contributed by atoms with Crippen molar-refractivity contribution in [2.24, 2.45) is 11.5 Å². The lowest BCUT2D eigenvalue weighted by atomic mass is 10.0. The normalized spacial score (nSPS) is 25.3. The van der Waals surface area contributed by atoms with Crippen molar-refractivity contribution in [3.8, 4) is 0 Å². The van der Waals surface area contributed by atoms with Gasteiger partial charge in [-0.1, -0.05) is 0 Å². The Kier molecular flexibility index (Phi) is 9.04. The highest BCUT2D eigenvalue weighted by Gasteiger charge is 2.50. The monoisotopic (exact) mass is 507 g/mol. The number of carboxylic acid groups (broad SMARTS) is 1. The van der Waals surface area contributed by atoms with Gasteiger partial charge in [-0.3, -0.25) is 19.1 Å². The molecule has 0 radical (unpaired) electrons. The minimum Gasteiger partial charge on any atom is -0.480 e. The van der Waals surface area contributed by atoms with Crippen molar-refractivity contribution < 1.29 is 54.5 Å². The lowest BCUT2D eigenvalue weighted by molar-refractivity contribution is -0.150. The Morgan fingerprint density at radius 3 is 2.40 bits per heavy atom. The summed E-state index contributed by atoms with van der Waals surface area (Å²) >= 11 is 0. The number of primary amides is 1. The molecule has 1 aromatic heterocycles. The molecular weight excluding hydrogens is 482 g/mol. The first-order chi connectivity index (χ1) is 16.3. The first-order valence-electron chi connectivity index (χ1n) is 9.84. The number of aromatic amines is 1. The van der Waals surface area contributed by atoms with Gasteiger partial charge in [-0.15, -0.1) is 0 Å². The van der Waals surface area contributed by atoms with Crippen LogP contribution in [0.25, 0.3) is 0 Å². The van der Waals surface area contributed by atoms with E-state index in [0.717, 1.165) is 6.20 Å². The average Bonchev–Trinajstić information content (AvgIpc) is 3.08. The number of carbonyl (C=O) groups excluding carboxylic acids is 2. The second-order valence-electron chi connectivity index (χ2n) is 7.49. The molecule has 0 aliphatic carbocycles. The lowest BCUT2D eigenvalue weighted by Gasteiger charge is -2.27. The maximum absolute atomic E-state index is 12.4. The summed E-state index contributed by atoms with van der Waals surface area (Å²) in [5.41, 5.74) is 7.89. The summed E-state index contributed by atoms with van der Waals surface area (Å²) in [6.07, 6.45) is -11.9. The van der Waals surface area contributed by atoms with E-state index in [1.165, 1.54) is 0 Å². The Morgan fingerprint density at radius 1 is 1.23 bits per heavy atom. The van der Waals surface area contributed by atoms with Crippen LogP contribution in [-0.2, 0) is 25.7 Å². The number of hydrogen-bond donors (Lipinski definition) is 10. The van der Waals surface area contributed by atoms with Gasteiger partial charge in [0.25, 0.3) is 5.56 Å². The Labute approximate surface area is 194 Å². The molecule has 35 heavy (non-hydrogen) atoms. The van der Waals surface area contributed by atoms with E-state index in [1.54, 1.807) is 0 Å². The minimum atomic E-state index is -2.09. The second-order valence-corrected chi connectivity index (χ2v) is 7.49. The Hall–Kier alpha value is -3.39. The van der Waals surface area contributed by atoms with Crippen molar-refractivity contribution in [1.29, 1.82) is 0 Å². The number of aromatic nitrogens is 2. The molecule has 1 aliphatic rings. The highest BCUT2D eigenvalue weighted by molar-refractivity contribution is 5.87.